The van der Waals surface area contributed by atoms with Crippen LogP contribution in [0, 0.1) is 17.3 Å². The van der Waals surface area contributed by atoms with E-state index in [-0.39, 0.29) is 6.03 Å². The Balaban J connectivity index is 1.40. The Morgan fingerprint density at radius 2 is 2.03 bits per heavy atom. The lowest BCUT2D eigenvalue weighted by atomic mass is 9.49. The van der Waals surface area contributed by atoms with Gasteiger partial charge < -0.3 is 19.9 Å². The van der Waals surface area contributed by atoms with Crippen LogP contribution < -0.4 is 10.1 Å². The Hall–Kier alpha value is -2.01. The Morgan fingerprint density at radius 1 is 1.24 bits per heavy atom. The molecule has 2 fully saturated rings. The predicted octanol–water partition coefficient (Wildman–Crippen LogP) is 6.18. The van der Waals surface area contributed by atoms with Gasteiger partial charge in [-0.1, -0.05) is 31.9 Å². The Kier molecular flexibility index (Phi) is 7.68. The third-order valence-electron chi connectivity index (χ3n) is 8.47. The fourth-order valence-electron chi connectivity index (χ4n) is 6.09. The maximum Gasteiger partial charge on any atom is 0.322 e. The van der Waals surface area contributed by atoms with Crippen molar-refractivity contribution in [2.75, 3.05) is 38.1 Å². The molecule has 0 radical (unpaired) electrons. The van der Waals surface area contributed by atoms with E-state index in [0.717, 1.165) is 43.4 Å². The van der Waals surface area contributed by atoms with Crippen molar-refractivity contribution in [3.05, 3.63) is 35.9 Å². The van der Waals surface area contributed by atoms with Crippen LogP contribution in [0.3, 0.4) is 0 Å². The molecule has 5 nitrogen and oxygen atoms in total. The molecule has 1 saturated heterocycles. The maximum absolute atomic E-state index is 13.4. The summed E-state index contributed by atoms with van der Waals surface area (Å²) in [5.74, 6) is 2.27. The van der Waals surface area contributed by atoms with Gasteiger partial charge in [0.1, 0.15) is 5.75 Å². The minimum atomic E-state index is 0.00556. The van der Waals surface area contributed by atoms with Gasteiger partial charge >= 0.3 is 6.03 Å². The van der Waals surface area contributed by atoms with Gasteiger partial charge in [-0.3, -0.25) is 0 Å². The number of amides is 2. The van der Waals surface area contributed by atoms with Gasteiger partial charge in [0.15, 0.2) is 0 Å². The number of piperidine rings is 1. The van der Waals surface area contributed by atoms with Gasteiger partial charge in [0.2, 0.25) is 0 Å². The van der Waals surface area contributed by atoms with E-state index in [1.807, 2.05) is 36.1 Å². The number of ether oxygens (including phenoxy) is 1. The number of rotatable bonds is 9. The molecule has 3 unspecified atom stereocenters. The van der Waals surface area contributed by atoms with Crippen molar-refractivity contribution in [3.63, 3.8) is 0 Å². The summed E-state index contributed by atoms with van der Waals surface area (Å²) >= 11 is 0. The highest BCUT2D eigenvalue weighted by molar-refractivity contribution is 5.89. The highest BCUT2D eigenvalue weighted by Crippen LogP contribution is 2.59. The lowest BCUT2D eigenvalue weighted by Gasteiger charge is -2.57. The van der Waals surface area contributed by atoms with Crippen molar-refractivity contribution in [2.45, 2.75) is 72.3 Å². The topological polar surface area (TPSA) is 44.8 Å². The first-order chi connectivity index (χ1) is 15.9. The zero-order chi connectivity index (χ0) is 23.4. The molecule has 3 atom stereocenters. The third kappa shape index (κ3) is 5.56. The van der Waals surface area contributed by atoms with E-state index in [4.69, 9.17) is 4.74 Å². The fourth-order valence-corrected chi connectivity index (χ4v) is 6.09. The largest absolute Gasteiger partial charge is 0.494 e. The SMILES string of the molecule is CCOc1ccc(NC(=O)N(CCCN2CCCCC2C)CC2=CCC3CC2C3(C)C)cc1. The van der Waals surface area contributed by atoms with Crippen LogP contribution in [0.2, 0.25) is 0 Å². The highest BCUT2D eigenvalue weighted by Gasteiger charge is 2.51. The first kappa shape index (κ1) is 24.1. The van der Waals surface area contributed by atoms with Crippen LogP contribution in [0.1, 0.15) is 66.2 Å². The molecule has 3 aliphatic carbocycles. The van der Waals surface area contributed by atoms with Gasteiger partial charge in [-0.2, -0.15) is 0 Å². The van der Waals surface area contributed by atoms with E-state index in [9.17, 15) is 4.79 Å². The van der Waals surface area contributed by atoms with Gasteiger partial charge in [0.05, 0.1) is 6.61 Å². The predicted molar refractivity (Wildman–Crippen MR) is 136 cm³/mol. The summed E-state index contributed by atoms with van der Waals surface area (Å²) in [6.45, 7) is 13.6. The maximum atomic E-state index is 13.4. The standard InChI is InChI=1S/C28H43N3O2/c1-5-33-25-14-12-24(13-15-25)29-27(32)31(18-8-17-30-16-7-6-9-21(30)2)20-22-10-11-23-19-26(22)28(23,3)4/h10,12-15,21,23,26H,5-9,11,16-20H2,1-4H3,(H,29,32). The average molecular weight is 454 g/mol. The highest BCUT2D eigenvalue weighted by atomic mass is 16.5. The Morgan fingerprint density at radius 3 is 2.70 bits per heavy atom. The molecular weight excluding hydrogens is 410 g/mol. The summed E-state index contributed by atoms with van der Waals surface area (Å²) in [6, 6.07) is 8.36. The first-order valence-electron chi connectivity index (χ1n) is 13.1. The fraction of sp³-hybridized carbons (Fsp3) is 0.679. The number of likely N-dealkylation sites (tertiary alicyclic amines) is 1. The molecule has 1 saturated carbocycles. The Bertz CT molecular complexity index is 832. The molecule has 4 aliphatic rings. The van der Waals surface area contributed by atoms with E-state index in [0.29, 0.717) is 24.0 Å². The molecule has 2 bridgehead atoms. The number of benzene rings is 1. The summed E-state index contributed by atoms with van der Waals surface area (Å²) in [6.07, 6.45) is 9.85. The van der Waals surface area contributed by atoms with E-state index in [1.54, 1.807) is 0 Å². The number of hydrogen-bond acceptors (Lipinski definition) is 3. The van der Waals surface area contributed by atoms with Gasteiger partial charge in [-0.25, -0.2) is 4.79 Å². The van der Waals surface area contributed by atoms with E-state index >= 15 is 0 Å². The summed E-state index contributed by atoms with van der Waals surface area (Å²) in [4.78, 5) is 18.0. The van der Waals surface area contributed by atoms with Crippen LogP contribution in [0.4, 0.5) is 10.5 Å². The quantitative estimate of drug-likeness (QED) is 0.454. The average Bonchev–Trinajstić information content (AvgIpc) is 2.81. The van der Waals surface area contributed by atoms with Crippen LogP contribution in [-0.4, -0.2) is 54.7 Å². The number of hydrogen-bond donors (Lipinski definition) is 1. The summed E-state index contributed by atoms with van der Waals surface area (Å²) < 4.78 is 5.53. The zero-order valence-corrected chi connectivity index (χ0v) is 21.1. The zero-order valence-electron chi connectivity index (χ0n) is 21.1. The van der Waals surface area contributed by atoms with Crippen molar-refractivity contribution in [1.29, 1.82) is 0 Å². The molecule has 0 spiro atoms. The molecule has 1 aromatic carbocycles. The molecule has 5 heteroatoms. The molecule has 5 rings (SSSR count). The number of fused-ring (bicyclic) bond motifs is 1. The molecule has 0 aromatic heterocycles. The number of nitrogens with zero attached hydrogens (tertiary/aromatic N) is 2. The van der Waals surface area contributed by atoms with Crippen LogP contribution in [0.25, 0.3) is 0 Å². The minimum Gasteiger partial charge on any atom is -0.494 e. The molecule has 1 N–H and O–H groups in total. The van der Waals surface area contributed by atoms with Crippen molar-refractivity contribution < 1.29 is 9.53 Å². The monoisotopic (exact) mass is 453 g/mol. The lowest BCUT2D eigenvalue weighted by Crippen LogP contribution is -2.50. The van der Waals surface area contributed by atoms with Gasteiger partial charge in [-0.05, 0) is 94.0 Å². The van der Waals surface area contributed by atoms with Crippen molar-refractivity contribution in [1.82, 2.24) is 9.80 Å². The normalized spacial score (nSPS) is 26.2. The summed E-state index contributed by atoms with van der Waals surface area (Å²) in [7, 11) is 0. The number of allylic oxidation sites excluding steroid dienone is 1. The molecular formula is C28H43N3O2. The molecule has 182 valence electrons. The van der Waals surface area contributed by atoms with E-state index < -0.39 is 0 Å². The van der Waals surface area contributed by atoms with Gasteiger partial charge in [-0.15, -0.1) is 0 Å². The molecule has 1 aromatic rings. The van der Waals surface area contributed by atoms with E-state index in [1.165, 1.54) is 44.2 Å². The molecule has 2 amide bonds. The van der Waals surface area contributed by atoms with Crippen LogP contribution >= 0.6 is 0 Å². The second-order valence-corrected chi connectivity index (χ2v) is 10.9. The van der Waals surface area contributed by atoms with Crippen LogP contribution in [0.5, 0.6) is 5.75 Å². The summed E-state index contributed by atoms with van der Waals surface area (Å²) in [5.41, 5.74) is 2.67. The summed E-state index contributed by atoms with van der Waals surface area (Å²) in [5, 5.41) is 3.14. The lowest BCUT2D eigenvalue weighted by molar-refractivity contribution is -0.00958. The number of carbonyl (C=O) groups is 1. The van der Waals surface area contributed by atoms with Gasteiger partial charge in [0.25, 0.3) is 0 Å². The smallest absolute Gasteiger partial charge is 0.322 e. The number of nitrogens with one attached hydrogen (secondary N) is 1. The minimum absolute atomic E-state index is 0.00556. The van der Waals surface area contributed by atoms with Crippen molar-refractivity contribution in [2.24, 2.45) is 17.3 Å². The third-order valence-corrected chi connectivity index (χ3v) is 8.47. The van der Waals surface area contributed by atoms with Crippen LogP contribution in [0.15, 0.2) is 35.9 Å². The van der Waals surface area contributed by atoms with Crippen molar-refractivity contribution in [3.8, 4) is 5.75 Å². The van der Waals surface area contributed by atoms with Gasteiger partial charge in [0, 0.05) is 31.4 Å². The molecule has 33 heavy (non-hydrogen) atoms. The number of carbonyl (C=O) groups excluding carboxylic acids is 1. The van der Waals surface area contributed by atoms with Crippen LogP contribution in [-0.2, 0) is 0 Å². The number of anilines is 1. The molecule has 1 aliphatic heterocycles. The molecule has 1 heterocycles. The Labute approximate surface area is 200 Å². The first-order valence-corrected chi connectivity index (χ1v) is 13.1. The van der Waals surface area contributed by atoms with E-state index in [2.05, 4.69) is 37.1 Å². The second-order valence-electron chi connectivity index (χ2n) is 10.9. The van der Waals surface area contributed by atoms with Crippen molar-refractivity contribution >= 4 is 11.7 Å². The number of urea groups is 1. The second kappa shape index (κ2) is 10.5.